The molecule has 1 fully saturated rings. The van der Waals surface area contributed by atoms with E-state index in [4.69, 9.17) is 0 Å². The number of aromatic amines is 1. The number of H-pyrrole nitrogens is 1. The molecule has 1 aromatic rings. The normalized spacial score (nSPS) is 23.2. The Morgan fingerprint density at radius 2 is 2.29 bits per heavy atom. The number of nitrogens with one attached hydrogen (secondary N) is 3. The number of carbonyl (C=O) groups excluding carboxylic acids is 1. The summed E-state index contributed by atoms with van der Waals surface area (Å²) in [6.07, 6.45) is 3.99. The predicted molar refractivity (Wildman–Crippen MR) is 76.6 cm³/mol. The van der Waals surface area contributed by atoms with Crippen molar-refractivity contribution in [2.45, 2.75) is 32.7 Å². The number of nitrogens with zero attached hydrogens (tertiary/aromatic N) is 1. The maximum Gasteiger partial charge on any atom is 0.326 e. The fourth-order valence-electron chi connectivity index (χ4n) is 2.78. The van der Waals surface area contributed by atoms with Crippen molar-refractivity contribution in [1.82, 2.24) is 20.6 Å². The second-order valence-corrected chi connectivity index (χ2v) is 5.88. The molecule has 0 saturated carbocycles. The Morgan fingerprint density at radius 3 is 2.76 bits per heavy atom. The zero-order valence-electron chi connectivity index (χ0n) is 12.3. The van der Waals surface area contributed by atoms with Crippen molar-refractivity contribution < 1.29 is 14.7 Å². The quantitative estimate of drug-likeness (QED) is 0.598. The van der Waals surface area contributed by atoms with Crippen LogP contribution in [0.4, 0.5) is 0 Å². The van der Waals surface area contributed by atoms with Crippen LogP contribution in [0.5, 0.6) is 0 Å². The molecule has 0 radical (unpaired) electrons. The summed E-state index contributed by atoms with van der Waals surface area (Å²) in [4.78, 5) is 30.7. The highest BCUT2D eigenvalue weighted by atomic mass is 16.4. The first-order chi connectivity index (χ1) is 9.95. The lowest BCUT2D eigenvalue weighted by Crippen LogP contribution is -2.52. The van der Waals surface area contributed by atoms with E-state index in [-0.39, 0.29) is 18.2 Å². The highest BCUT2D eigenvalue weighted by Crippen LogP contribution is 2.34. The summed E-state index contributed by atoms with van der Waals surface area (Å²) in [6.45, 7) is 5.37. The van der Waals surface area contributed by atoms with Gasteiger partial charge in [0, 0.05) is 24.9 Å². The van der Waals surface area contributed by atoms with E-state index in [1.54, 1.807) is 6.20 Å². The number of carboxylic acid groups (broad SMARTS) is 1. The van der Waals surface area contributed by atoms with Gasteiger partial charge in [-0.1, -0.05) is 13.8 Å². The summed E-state index contributed by atoms with van der Waals surface area (Å²) in [7, 11) is 0. The van der Waals surface area contributed by atoms with Gasteiger partial charge in [0.15, 0.2) is 0 Å². The van der Waals surface area contributed by atoms with Crippen LogP contribution >= 0.6 is 0 Å². The van der Waals surface area contributed by atoms with Gasteiger partial charge < -0.3 is 20.7 Å². The largest absolute Gasteiger partial charge is 0.480 e. The van der Waals surface area contributed by atoms with Crippen molar-refractivity contribution in [3.63, 3.8) is 0 Å². The number of hydrogen-bond acceptors (Lipinski definition) is 4. The van der Waals surface area contributed by atoms with Crippen molar-refractivity contribution in [2.24, 2.45) is 11.3 Å². The molecule has 1 aliphatic heterocycles. The monoisotopic (exact) mass is 294 g/mol. The average molecular weight is 294 g/mol. The fourth-order valence-corrected chi connectivity index (χ4v) is 2.78. The number of rotatable bonds is 6. The third-order valence-corrected chi connectivity index (χ3v) is 4.33. The third-order valence-electron chi connectivity index (χ3n) is 4.33. The summed E-state index contributed by atoms with van der Waals surface area (Å²) in [5.74, 6) is -1.08. The van der Waals surface area contributed by atoms with Gasteiger partial charge in [0.05, 0.1) is 11.7 Å². The number of amides is 1. The van der Waals surface area contributed by atoms with Gasteiger partial charge in [-0.2, -0.15) is 0 Å². The van der Waals surface area contributed by atoms with E-state index in [1.807, 2.05) is 13.8 Å². The molecule has 7 heteroatoms. The highest BCUT2D eigenvalue weighted by molar-refractivity contribution is 5.88. The standard InChI is InChI=1S/C14H22N4O3/c1-9(2)14(3-4-15-7-14)13(21)18-11(12(19)20)5-10-6-16-8-17-10/h6,8-9,11,15H,3-5,7H2,1-2H3,(H,16,17)(H,18,21)(H,19,20). The zero-order valence-corrected chi connectivity index (χ0v) is 12.3. The van der Waals surface area contributed by atoms with Crippen LogP contribution in [0.2, 0.25) is 0 Å². The fraction of sp³-hybridized carbons (Fsp3) is 0.643. The predicted octanol–water partition coefficient (Wildman–Crippen LogP) is 0.157. The molecule has 0 bridgehead atoms. The Labute approximate surface area is 123 Å². The van der Waals surface area contributed by atoms with Gasteiger partial charge in [-0.05, 0) is 18.9 Å². The molecule has 7 nitrogen and oxygen atoms in total. The average Bonchev–Trinajstić information content (AvgIpc) is 3.09. The van der Waals surface area contributed by atoms with E-state index in [0.29, 0.717) is 12.2 Å². The molecule has 2 atom stereocenters. The topological polar surface area (TPSA) is 107 Å². The summed E-state index contributed by atoms with van der Waals surface area (Å²) in [5.41, 5.74) is 0.160. The maximum absolute atomic E-state index is 12.6. The minimum Gasteiger partial charge on any atom is -0.480 e. The Morgan fingerprint density at radius 1 is 1.52 bits per heavy atom. The molecule has 2 rings (SSSR count). The van der Waals surface area contributed by atoms with E-state index in [0.717, 1.165) is 13.0 Å². The molecule has 0 spiro atoms. The molecule has 116 valence electrons. The van der Waals surface area contributed by atoms with Crippen molar-refractivity contribution in [1.29, 1.82) is 0 Å². The summed E-state index contributed by atoms with van der Waals surface area (Å²) in [5, 5.41) is 15.2. The van der Waals surface area contributed by atoms with Gasteiger partial charge in [0.2, 0.25) is 5.91 Å². The number of aliphatic carboxylic acids is 1. The van der Waals surface area contributed by atoms with Crippen molar-refractivity contribution in [2.75, 3.05) is 13.1 Å². The lowest BCUT2D eigenvalue weighted by Gasteiger charge is -2.32. The molecule has 0 aliphatic carbocycles. The number of aromatic nitrogens is 2. The van der Waals surface area contributed by atoms with Crippen LogP contribution in [-0.4, -0.2) is 46.1 Å². The molecule has 1 aromatic heterocycles. The number of hydrogen-bond donors (Lipinski definition) is 4. The Hall–Kier alpha value is -1.89. The maximum atomic E-state index is 12.6. The first-order valence-corrected chi connectivity index (χ1v) is 7.17. The lowest BCUT2D eigenvalue weighted by atomic mass is 9.75. The highest BCUT2D eigenvalue weighted by Gasteiger charge is 2.44. The van der Waals surface area contributed by atoms with Gasteiger partial charge in [0.25, 0.3) is 0 Å². The molecule has 1 amide bonds. The van der Waals surface area contributed by atoms with Crippen LogP contribution in [0.25, 0.3) is 0 Å². The Kier molecular flexibility index (Phi) is 4.62. The van der Waals surface area contributed by atoms with E-state index in [1.165, 1.54) is 6.33 Å². The van der Waals surface area contributed by atoms with Crippen molar-refractivity contribution in [3.05, 3.63) is 18.2 Å². The van der Waals surface area contributed by atoms with E-state index < -0.39 is 17.4 Å². The molecular weight excluding hydrogens is 272 g/mol. The van der Waals surface area contributed by atoms with E-state index in [2.05, 4.69) is 20.6 Å². The van der Waals surface area contributed by atoms with Crippen LogP contribution in [-0.2, 0) is 16.0 Å². The minimum atomic E-state index is -1.04. The minimum absolute atomic E-state index is 0.147. The van der Waals surface area contributed by atoms with Crippen LogP contribution in [0, 0.1) is 11.3 Å². The summed E-state index contributed by atoms with van der Waals surface area (Å²) < 4.78 is 0. The van der Waals surface area contributed by atoms with Crippen LogP contribution < -0.4 is 10.6 Å². The number of carbonyl (C=O) groups is 2. The van der Waals surface area contributed by atoms with Gasteiger partial charge in [-0.15, -0.1) is 0 Å². The van der Waals surface area contributed by atoms with Gasteiger partial charge in [-0.25, -0.2) is 9.78 Å². The third kappa shape index (κ3) is 3.24. The zero-order chi connectivity index (χ0) is 15.5. The first kappa shape index (κ1) is 15.5. The van der Waals surface area contributed by atoms with Gasteiger partial charge >= 0.3 is 5.97 Å². The van der Waals surface area contributed by atoms with E-state index >= 15 is 0 Å². The second-order valence-electron chi connectivity index (χ2n) is 5.88. The smallest absolute Gasteiger partial charge is 0.326 e. The second kappa shape index (κ2) is 6.26. The lowest BCUT2D eigenvalue weighted by molar-refractivity contribution is -0.144. The molecule has 0 aromatic carbocycles. The van der Waals surface area contributed by atoms with Crippen molar-refractivity contribution in [3.8, 4) is 0 Å². The number of imidazole rings is 1. The van der Waals surface area contributed by atoms with Gasteiger partial charge in [-0.3, -0.25) is 4.79 Å². The van der Waals surface area contributed by atoms with Crippen LogP contribution in [0.15, 0.2) is 12.5 Å². The molecule has 2 heterocycles. The summed E-state index contributed by atoms with van der Waals surface area (Å²) >= 11 is 0. The Bertz CT molecular complexity index is 492. The molecule has 2 unspecified atom stereocenters. The van der Waals surface area contributed by atoms with Crippen LogP contribution in [0.1, 0.15) is 26.0 Å². The SMILES string of the molecule is CC(C)C1(C(=O)NC(Cc2cnc[nH]2)C(=O)O)CCNC1. The van der Waals surface area contributed by atoms with Crippen molar-refractivity contribution >= 4 is 11.9 Å². The molecular formula is C14H22N4O3. The van der Waals surface area contributed by atoms with Gasteiger partial charge in [0.1, 0.15) is 6.04 Å². The molecule has 4 N–H and O–H groups in total. The Balaban J connectivity index is 2.09. The molecule has 1 aliphatic rings. The molecule has 1 saturated heterocycles. The van der Waals surface area contributed by atoms with Crippen LogP contribution in [0.3, 0.4) is 0 Å². The van der Waals surface area contributed by atoms with E-state index in [9.17, 15) is 14.7 Å². The molecule has 21 heavy (non-hydrogen) atoms. The first-order valence-electron chi connectivity index (χ1n) is 7.17. The summed E-state index contributed by atoms with van der Waals surface area (Å²) in [6, 6.07) is -0.950. The number of carboxylic acids is 1.